The highest BCUT2D eigenvalue weighted by Crippen LogP contribution is 2.29. The summed E-state index contributed by atoms with van der Waals surface area (Å²) in [4.78, 5) is 12.7. The fraction of sp³-hybridized carbons (Fsp3) is 0.222. The number of hydrogen-bond donors (Lipinski definition) is 0. The van der Waals surface area contributed by atoms with Crippen molar-refractivity contribution in [3.8, 4) is 0 Å². The SMILES string of the molecule is CC(Sc1nncs1)C(=O)c1ccc(Cl)s1. The van der Waals surface area contributed by atoms with Crippen LogP contribution in [0.1, 0.15) is 16.6 Å². The quantitative estimate of drug-likeness (QED) is 0.637. The second-order valence-corrected chi connectivity index (χ2v) is 7.07. The fourth-order valence-electron chi connectivity index (χ4n) is 1.07. The summed E-state index contributed by atoms with van der Waals surface area (Å²) in [6, 6.07) is 3.49. The third kappa shape index (κ3) is 2.82. The summed E-state index contributed by atoms with van der Waals surface area (Å²) >= 11 is 9.95. The molecular weight excluding hydrogens is 284 g/mol. The highest BCUT2D eigenvalue weighted by molar-refractivity contribution is 8.02. The number of carbonyl (C=O) groups excluding carboxylic acids is 1. The molecule has 0 bridgehead atoms. The van der Waals surface area contributed by atoms with Gasteiger partial charge in [0.25, 0.3) is 0 Å². The van der Waals surface area contributed by atoms with Gasteiger partial charge in [0.2, 0.25) is 0 Å². The number of nitrogens with zero attached hydrogens (tertiary/aromatic N) is 2. The van der Waals surface area contributed by atoms with Gasteiger partial charge in [0.1, 0.15) is 5.51 Å². The van der Waals surface area contributed by atoms with Crippen molar-refractivity contribution < 1.29 is 4.79 Å². The van der Waals surface area contributed by atoms with Gasteiger partial charge in [-0.25, -0.2) is 0 Å². The van der Waals surface area contributed by atoms with E-state index in [1.54, 1.807) is 17.6 Å². The molecular formula is C9H7ClN2OS3. The van der Waals surface area contributed by atoms with Crippen LogP contribution >= 0.6 is 46.0 Å². The number of carbonyl (C=O) groups is 1. The van der Waals surface area contributed by atoms with Crippen LogP contribution in [0.5, 0.6) is 0 Å². The van der Waals surface area contributed by atoms with Gasteiger partial charge in [-0.2, -0.15) is 0 Å². The lowest BCUT2D eigenvalue weighted by atomic mass is 10.2. The van der Waals surface area contributed by atoms with E-state index in [0.717, 1.165) is 4.34 Å². The normalized spacial score (nSPS) is 12.6. The second-order valence-electron chi connectivity index (χ2n) is 2.93. The first-order chi connectivity index (χ1) is 7.66. The fourth-order valence-corrected chi connectivity index (χ4v) is 3.91. The Labute approximate surface area is 110 Å². The first-order valence-corrected chi connectivity index (χ1v) is 7.34. The molecule has 2 aromatic heterocycles. The molecule has 2 rings (SSSR count). The minimum Gasteiger partial charge on any atom is -0.292 e. The maximum Gasteiger partial charge on any atom is 0.185 e. The van der Waals surface area contributed by atoms with E-state index in [2.05, 4.69) is 10.2 Å². The van der Waals surface area contributed by atoms with E-state index in [-0.39, 0.29) is 11.0 Å². The van der Waals surface area contributed by atoms with Crippen molar-refractivity contribution in [1.82, 2.24) is 10.2 Å². The molecule has 84 valence electrons. The monoisotopic (exact) mass is 290 g/mol. The Balaban J connectivity index is 2.05. The summed E-state index contributed by atoms with van der Waals surface area (Å²) in [6.07, 6.45) is 0. The Morgan fingerprint density at radius 3 is 2.94 bits per heavy atom. The van der Waals surface area contributed by atoms with E-state index in [4.69, 9.17) is 11.6 Å². The van der Waals surface area contributed by atoms with E-state index in [1.807, 2.05) is 6.92 Å². The average molecular weight is 291 g/mol. The number of thioether (sulfide) groups is 1. The highest BCUT2D eigenvalue weighted by atomic mass is 35.5. The smallest absolute Gasteiger partial charge is 0.185 e. The molecule has 0 aliphatic rings. The molecule has 0 saturated heterocycles. The summed E-state index contributed by atoms with van der Waals surface area (Å²) in [5.41, 5.74) is 1.65. The van der Waals surface area contributed by atoms with Crippen molar-refractivity contribution in [2.75, 3.05) is 0 Å². The van der Waals surface area contributed by atoms with Crippen LogP contribution in [0, 0.1) is 0 Å². The van der Waals surface area contributed by atoms with Crippen molar-refractivity contribution >= 4 is 51.8 Å². The van der Waals surface area contributed by atoms with Gasteiger partial charge in [-0.15, -0.1) is 21.5 Å². The summed E-state index contributed by atoms with van der Waals surface area (Å²) in [5.74, 6) is 0.0806. The van der Waals surface area contributed by atoms with Gasteiger partial charge in [0, 0.05) is 0 Å². The van der Waals surface area contributed by atoms with E-state index in [1.165, 1.54) is 34.4 Å². The molecule has 1 unspecified atom stereocenters. The van der Waals surface area contributed by atoms with E-state index >= 15 is 0 Å². The van der Waals surface area contributed by atoms with Crippen LogP contribution in [0.25, 0.3) is 0 Å². The molecule has 0 aliphatic carbocycles. The number of rotatable bonds is 4. The number of aromatic nitrogens is 2. The number of hydrogen-bond acceptors (Lipinski definition) is 6. The predicted molar refractivity (Wildman–Crippen MR) is 68.9 cm³/mol. The molecule has 0 spiro atoms. The largest absolute Gasteiger partial charge is 0.292 e. The summed E-state index contributed by atoms with van der Waals surface area (Å²) in [6.45, 7) is 1.86. The molecule has 0 saturated carbocycles. The zero-order valence-electron chi connectivity index (χ0n) is 8.21. The molecule has 0 radical (unpaired) electrons. The molecule has 0 fully saturated rings. The van der Waals surface area contributed by atoms with Crippen LogP contribution in [-0.2, 0) is 0 Å². The second kappa shape index (κ2) is 5.27. The first-order valence-electron chi connectivity index (χ1n) is 4.39. The summed E-state index contributed by atoms with van der Waals surface area (Å²) < 4.78 is 1.44. The lowest BCUT2D eigenvalue weighted by Crippen LogP contribution is -2.11. The third-order valence-electron chi connectivity index (χ3n) is 1.80. The molecule has 3 nitrogen and oxygen atoms in total. The maximum absolute atomic E-state index is 12.0. The number of ketones is 1. The van der Waals surface area contributed by atoms with Crippen LogP contribution in [0.15, 0.2) is 22.0 Å². The number of Topliss-reactive ketones (excluding diaryl/α,β-unsaturated/α-hetero) is 1. The minimum absolute atomic E-state index is 0.0806. The maximum atomic E-state index is 12.0. The Hall–Kier alpha value is -0.430. The van der Waals surface area contributed by atoms with E-state index in [0.29, 0.717) is 9.21 Å². The zero-order chi connectivity index (χ0) is 11.5. The Morgan fingerprint density at radius 2 is 2.38 bits per heavy atom. The molecule has 0 amide bonds. The topological polar surface area (TPSA) is 42.9 Å². The average Bonchev–Trinajstić information content (AvgIpc) is 2.88. The van der Waals surface area contributed by atoms with Gasteiger partial charge in [-0.05, 0) is 19.1 Å². The van der Waals surface area contributed by atoms with Crippen molar-refractivity contribution in [2.45, 2.75) is 16.5 Å². The third-order valence-corrected chi connectivity index (χ3v) is 4.96. The van der Waals surface area contributed by atoms with Crippen LogP contribution in [0.2, 0.25) is 4.34 Å². The lowest BCUT2D eigenvalue weighted by Gasteiger charge is -2.05. The zero-order valence-corrected chi connectivity index (χ0v) is 11.4. The van der Waals surface area contributed by atoms with Gasteiger partial charge < -0.3 is 0 Å². The Bertz CT molecular complexity index is 483. The number of halogens is 1. The van der Waals surface area contributed by atoms with Gasteiger partial charge in [-0.1, -0.05) is 34.7 Å². The molecule has 0 aliphatic heterocycles. The molecule has 0 aromatic carbocycles. The molecule has 7 heteroatoms. The molecule has 2 aromatic rings. The van der Waals surface area contributed by atoms with Crippen LogP contribution in [-0.4, -0.2) is 21.2 Å². The van der Waals surface area contributed by atoms with E-state index < -0.39 is 0 Å². The minimum atomic E-state index is -0.164. The first kappa shape index (κ1) is 12.0. The standard InChI is InChI=1S/C9H7ClN2OS3/c1-5(15-9-12-11-4-14-9)8(13)6-2-3-7(10)16-6/h2-5H,1H3. The van der Waals surface area contributed by atoms with E-state index in [9.17, 15) is 4.79 Å². The summed E-state index contributed by atoms with van der Waals surface area (Å²) in [5, 5.41) is 7.46. The molecule has 16 heavy (non-hydrogen) atoms. The van der Waals surface area contributed by atoms with Crippen molar-refractivity contribution in [3.05, 3.63) is 26.9 Å². The van der Waals surface area contributed by atoms with Crippen molar-refractivity contribution in [3.63, 3.8) is 0 Å². The van der Waals surface area contributed by atoms with Gasteiger partial charge in [-0.3, -0.25) is 4.79 Å². The molecule has 1 atom stereocenters. The van der Waals surface area contributed by atoms with Crippen molar-refractivity contribution in [2.24, 2.45) is 0 Å². The van der Waals surface area contributed by atoms with Gasteiger partial charge in [0.05, 0.1) is 14.5 Å². The lowest BCUT2D eigenvalue weighted by molar-refractivity contribution is 0.0998. The van der Waals surface area contributed by atoms with Gasteiger partial charge in [0.15, 0.2) is 10.1 Å². The van der Waals surface area contributed by atoms with Crippen molar-refractivity contribution in [1.29, 1.82) is 0 Å². The van der Waals surface area contributed by atoms with Gasteiger partial charge >= 0.3 is 0 Å². The Morgan fingerprint density at radius 1 is 1.56 bits per heavy atom. The predicted octanol–water partition coefficient (Wildman–Crippen LogP) is 3.62. The van der Waals surface area contributed by atoms with Crippen LogP contribution in [0.4, 0.5) is 0 Å². The van der Waals surface area contributed by atoms with Crippen LogP contribution < -0.4 is 0 Å². The van der Waals surface area contributed by atoms with Crippen LogP contribution in [0.3, 0.4) is 0 Å². The number of thiophene rings is 1. The molecule has 2 heterocycles. The Kier molecular flexibility index (Phi) is 3.96. The highest BCUT2D eigenvalue weighted by Gasteiger charge is 2.19. The summed E-state index contributed by atoms with van der Waals surface area (Å²) in [7, 11) is 0. The molecule has 0 N–H and O–H groups in total.